The summed E-state index contributed by atoms with van der Waals surface area (Å²) in [6, 6.07) is 0.0996. The SMILES string of the molecule is CCC(CC)N(CC(C)C)C(=O)CNCC(F)(F)F. The zero-order chi connectivity index (χ0) is 15.1. The van der Waals surface area contributed by atoms with Crippen molar-refractivity contribution in [2.75, 3.05) is 19.6 Å². The highest BCUT2D eigenvalue weighted by Gasteiger charge is 2.28. The number of hydrogen-bond acceptors (Lipinski definition) is 2. The Morgan fingerprint density at radius 2 is 1.74 bits per heavy atom. The molecule has 0 saturated heterocycles. The Morgan fingerprint density at radius 3 is 2.11 bits per heavy atom. The van der Waals surface area contributed by atoms with Crippen LogP contribution in [0.15, 0.2) is 0 Å². The van der Waals surface area contributed by atoms with Gasteiger partial charge in [-0.1, -0.05) is 27.7 Å². The lowest BCUT2D eigenvalue weighted by Gasteiger charge is -2.32. The number of alkyl halides is 3. The topological polar surface area (TPSA) is 32.3 Å². The summed E-state index contributed by atoms with van der Waals surface area (Å²) in [6.07, 6.45) is -2.65. The molecule has 6 heteroatoms. The molecule has 3 nitrogen and oxygen atoms in total. The maximum Gasteiger partial charge on any atom is 0.401 e. The van der Waals surface area contributed by atoms with Crippen molar-refractivity contribution in [3.05, 3.63) is 0 Å². The number of rotatable bonds is 8. The van der Waals surface area contributed by atoms with Gasteiger partial charge in [0.1, 0.15) is 0 Å². The normalized spacial score (nSPS) is 12.3. The molecule has 0 unspecified atom stereocenters. The summed E-state index contributed by atoms with van der Waals surface area (Å²) < 4.78 is 36.1. The van der Waals surface area contributed by atoms with Crippen molar-refractivity contribution in [2.45, 2.75) is 52.8 Å². The zero-order valence-corrected chi connectivity index (χ0v) is 12.2. The molecule has 0 fully saturated rings. The Balaban J connectivity index is 4.46. The largest absolute Gasteiger partial charge is 0.401 e. The van der Waals surface area contributed by atoms with Gasteiger partial charge in [-0.25, -0.2) is 0 Å². The Kier molecular flexibility index (Phi) is 8.06. The van der Waals surface area contributed by atoms with Crippen molar-refractivity contribution in [3.8, 4) is 0 Å². The van der Waals surface area contributed by atoms with Gasteiger partial charge in [-0.05, 0) is 18.8 Å². The zero-order valence-electron chi connectivity index (χ0n) is 12.2. The highest BCUT2D eigenvalue weighted by molar-refractivity contribution is 5.78. The van der Waals surface area contributed by atoms with Gasteiger partial charge in [0, 0.05) is 12.6 Å². The fourth-order valence-corrected chi connectivity index (χ4v) is 1.99. The fourth-order valence-electron chi connectivity index (χ4n) is 1.99. The van der Waals surface area contributed by atoms with Crippen LogP contribution in [0.25, 0.3) is 0 Å². The van der Waals surface area contributed by atoms with Gasteiger partial charge in [0.15, 0.2) is 0 Å². The van der Waals surface area contributed by atoms with Crippen LogP contribution in [0.2, 0.25) is 0 Å². The number of halogens is 3. The minimum Gasteiger partial charge on any atom is -0.338 e. The maximum absolute atomic E-state index is 12.0. The van der Waals surface area contributed by atoms with Crippen molar-refractivity contribution in [3.63, 3.8) is 0 Å². The maximum atomic E-state index is 12.0. The molecule has 0 saturated carbocycles. The van der Waals surface area contributed by atoms with E-state index in [0.717, 1.165) is 12.8 Å². The first-order chi connectivity index (χ1) is 8.71. The average Bonchev–Trinajstić information content (AvgIpc) is 2.26. The Morgan fingerprint density at radius 1 is 1.21 bits per heavy atom. The van der Waals surface area contributed by atoms with Crippen molar-refractivity contribution in [2.24, 2.45) is 5.92 Å². The summed E-state index contributed by atoms with van der Waals surface area (Å²) in [4.78, 5) is 13.7. The number of nitrogens with zero attached hydrogens (tertiary/aromatic N) is 1. The molecule has 0 heterocycles. The summed E-state index contributed by atoms with van der Waals surface area (Å²) in [7, 11) is 0. The van der Waals surface area contributed by atoms with E-state index in [1.54, 1.807) is 4.90 Å². The number of amides is 1. The molecule has 0 aromatic carbocycles. The highest BCUT2D eigenvalue weighted by atomic mass is 19.4. The monoisotopic (exact) mass is 282 g/mol. The average molecular weight is 282 g/mol. The number of hydrogen-bond donors (Lipinski definition) is 1. The van der Waals surface area contributed by atoms with Crippen LogP contribution in [-0.2, 0) is 4.79 Å². The predicted octanol–water partition coefficient (Wildman–Crippen LogP) is 2.81. The first kappa shape index (κ1) is 18.2. The first-order valence-corrected chi connectivity index (χ1v) is 6.78. The lowest BCUT2D eigenvalue weighted by Crippen LogP contribution is -2.47. The molecule has 19 heavy (non-hydrogen) atoms. The van der Waals surface area contributed by atoms with E-state index in [1.165, 1.54) is 0 Å². The third-order valence-corrected chi connectivity index (χ3v) is 2.87. The minimum absolute atomic E-state index is 0.0996. The van der Waals surface area contributed by atoms with Gasteiger partial charge in [-0.2, -0.15) is 13.2 Å². The van der Waals surface area contributed by atoms with E-state index < -0.39 is 12.7 Å². The van der Waals surface area contributed by atoms with E-state index in [4.69, 9.17) is 0 Å². The van der Waals surface area contributed by atoms with Crippen molar-refractivity contribution >= 4 is 5.91 Å². The van der Waals surface area contributed by atoms with Gasteiger partial charge >= 0.3 is 6.18 Å². The molecule has 114 valence electrons. The number of nitrogens with one attached hydrogen (secondary N) is 1. The second kappa shape index (κ2) is 8.40. The number of carbonyl (C=O) groups excluding carboxylic acids is 1. The van der Waals surface area contributed by atoms with E-state index in [-0.39, 0.29) is 18.5 Å². The van der Waals surface area contributed by atoms with Gasteiger partial charge in [0.25, 0.3) is 0 Å². The van der Waals surface area contributed by atoms with E-state index >= 15 is 0 Å². The minimum atomic E-state index is -4.28. The second-order valence-corrected chi connectivity index (χ2v) is 5.13. The molecule has 0 bridgehead atoms. The molecule has 0 spiro atoms. The third kappa shape index (κ3) is 8.08. The molecular formula is C13H25F3N2O. The first-order valence-electron chi connectivity index (χ1n) is 6.78. The smallest absolute Gasteiger partial charge is 0.338 e. The van der Waals surface area contributed by atoms with Gasteiger partial charge in [0.05, 0.1) is 13.1 Å². The van der Waals surface area contributed by atoms with Crippen LogP contribution in [-0.4, -0.2) is 42.7 Å². The third-order valence-electron chi connectivity index (χ3n) is 2.87. The molecule has 1 amide bonds. The van der Waals surface area contributed by atoms with Gasteiger partial charge in [-0.15, -0.1) is 0 Å². The molecule has 0 atom stereocenters. The molecule has 0 aliphatic rings. The van der Waals surface area contributed by atoms with Crippen LogP contribution in [0.5, 0.6) is 0 Å². The number of carbonyl (C=O) groups is 1. The van der Waals surface area contributed by atoms with Gasteiger partial charge in [-0.3, -0.25) is 4.79 Å². The Bertz CT molecular complexity index is 263. The molecular weight excluding hydrogens is 257 g/mol. The Hall–Kier alpha value is -0.780. The fraction of sp³-hybridized carbons (Fsp3) is 0.923. The van der Waals surface area contributed by atoms with Crippen LogP contribution in [0.3, 0.4) is 0 Å². The molecule has 0 aromatic rings. The van der Waals surface area contributed by atoms with Crippen LogP contribution in [0.4, 0.5) is 13.2 Å². The van der Waals surface area contributed by atoms with E-state index in [1.807, 2.05) is 27.7 Å². The summed E-state index contributed by atoms with van der Waals surface area (Å²) in [5, 5.41) is 2.17. The quantitative estimate of drug-likeness (QED) is 0.742. The van der Waals surface area contributed by atoms with E-state index in [0.29, 0.717) is 12.5 Å². The van der Waals surface area contributed by atoms with Crippen molar-refractivity contribution in [1.29, 1.82) is 0 Å². The molecule has 1 N–H and O–H groups in total. The predicted molar refractivity (Wildman–Crippen MR) is 69.8 cm³/mol. The highest BCUT2D eigenvalue weighted by Crippen LogP contribution is 2.13. The molecule has 0 aliphatic heterocycles. The molecule has 0 aliphatic carbocycles. The summed E-state index contributed by atoms with van der Waals surface area (Å²) in [6.45, 7) is 7.15. The molecule has 0 radical (unpaired) electrons. The van der Waals surface area contributed by atoms with Crippen LogP contribution in [0, 0.1) is 5.92 Å². The van der Waals surface area contributed by atoms with Crippen molar-refractivity contribution < 1.29 is 18.0 Å². The van der Waals surface area contributed by atoms with Gasteiger partial charge in [0.2, 0.25) is 5.91 Å². The standard InChI is InChI=1S/C13H25F3N2O/c1-5-11(6-2)18(8-10(3)4)12(19)7-17-9-13(14,15)16/h10-11,17H,5-9H2,1-4H3. The lowest BCUT2D eigenvalue weighted by atomic mass is 10.1. The van der Waals surface area contributed by atoms with Gasteiger partial charge < -0.3 is 10.2 Å². The van der Waals surface area contributed by atoms with Crippen molar-refractivity contribution in [1.82, 2.24) is 10.2 Å². The molecule has 0 rings (SSSR count). The van der Waals surface area contributed by atoms with Crippen LogP contribution in [0.1, 0.15) is 40.5 Å². The summed E-state index contributed by atoms with van der Waals surface area (Å²) in [5.74, 6) is 0.0406. The Labute approximate surface area is 113 Å². The van der Waals surface area contributed by atoms with E-state index in [9.17, 15) is 18.0 Å². The summed E-state index contributed by atoms with van der Waals surface area (Å²) >= 11 is 0. The summed E-state index contributed by atoms with van der Waals surface area (Å²) in [5.41, 5.74) is 0. The van der Waals surface area contributed by atoms with Crippen LogP contribution >= 0.6 is 0 Å². The second-order valence-electron chi connectivity index (χ2n) is 5.13. The van der Waals surface area contributed by atoms with Crippen LogP contribution < -0.4 is 5.32 Å². The van der Waals surface area contributed by atoms with E-state index in [2.05, 4.69) is 5.32 Å². The molecule has 0 aromatic heterocycles. The lowest BCUT2D eigenvalue weighted by molar-refractivity contribution is -0.136.